The third-order valence-electron chi connectivity index (χ3n) is 5.01. The molecule has 0 aliphatic heterocycles. The average molecular weight is 511 g/mol. The monoisotopic (exact) mass is 512 g/mol. The molecule has 0 aromatic rings. The standard InChI is InChI=1S/2C9H15Si.2CH3.Hf/c2*1-10(2,3)8-9-6-4-5-7-9;;;/h2*4,6H,5,8H2,1-3H3;2*1H3;. The fourth-order valence-corrected chi connectivity index (χ4v) is 21.1. The first-order valence-electron chi connectivity index (χ1n) is 9.18. The van der Waals surface area contributed by atoms with Crippen molar-refractivity contribution in [1.29, 1.82) is 0 Å². The van der Waals surface area contributed by atoms with Crippen LogP contribution in [-0.2, 0) is 20.0 Å². The second-order valence-electron chi connectivity index (χ2n) is 10.3. The number of hydrogen-bond acceptors (Lipinski definition) is 0. The predicted molar refractivity (Wildman–Crippen MR) is 110 cm³/mol. The molecule has 0 atom stereocenters. The van der Waals surface area contributed by atoms with E-state index in [1.165, 1.54) is 24.9 Å². The topological polar surface area (TPSA) is 0 Å². The summed E-state index contributed by atoms with van der Waals surface area (Å²) >= 11 is -2.51. The van der Waals surface area contributed by atoms with Crippen LogP contribution in [0.4, 0.5) is 0 Å². The Balaban J connectivity index is 2.37. The van der Waals surface area contributed by atoms with Crippen molar-refractivity contribution in [3.8, 4) is 0 Å². The summed E-state index contributed by atoms with van der Waals surface area (Å²) in [6.45, 7) is 15.1. The van der Waals surface area contributed by atoms with E-state index in [0.29, 0.717) is 0 Å². The summed E-state index contributed by atoms with van der Waals surface area (Å²) in [6.07, 6.45) is 12.4. The predicted octanol–water partition coefficient (Wildman–Crippen LogP) is 7.34. The summed E-state index contributed by atoms with van der Waals surface area (Å²) in [7, 11) is -2.07. The molecule has 0 aromatic heterocycles. The van der Waals surface area contributed by atoms with Crippen LogP contribution < -0.4 is 0 Å². The van der Waals surface area contributed by atoms with Crippen molar-refractivity contribution in [3.63, 3.8) is 0 Å². The molecule has 0 radical (unpaired) electrons. The van der Waals surface area contributed by atoms with Gasteiger partial charge in [0.15, 0.2) is 0 Å². The maximum atomic E-state index is 2.70. The third kappa shape index (κ3) is 5.12. The van der Waals surface area contributed by atoms with Crippen LogP contribution >= 0.6 is 0 Å². The van der Waals surface area contributed by atoms with Gasteiger partial charge in [-0.3, -0.25) is 0 Å². The Bertz CT molecular complexity index is 538. The van der Waals surface area contributed by atoms with E-state index in [-0.39, 0.29) is 0 Å². The summed E-state index contributed by atoms with van der Waals surface area (Å²) in [4.78, 5) is 0. The zero-order valence-electron chi connectivity index (χ0n) is 16.6. The molecule has 2 aliphatic carbocycles. The summed E-state index contributed by atoms with van der Waals surface area (Å²) in [5.74, 6) is 0. The van der Waals surface area contributed by atoms with Crippen molar-refractivity contribution in [2.75, 3.05) is 0 Å². The molecule has 0 saturated heterocycles. The second kappa shape index (κ2) is 6.88. The molecule has 3 heteroatoms. The fourth-order valence-electron chi connectivity index (χ4n) is 4.07. The van der Waals surface area contributed by atoms with Crippen molar-refractivity contribution in [2.45, 2.75) is 73.6 Å². The van der Waals surface area contributed by atoms with Crippen molar-refractivity contribution < 1.29 is 20.0 Å². The van der Waals surface area contributed by atoms with Crippen LogP contribution in [0.2, 0.25) is 60.7 Å². The fraction of sp³-hybridized carbons (Fsp3) is 0.600. The van der Waals surface area contributed by atoms with Gasteiger partial charge in [-0.25, -0.2) is 0 Å². The van der Waals surface area contributed by atoms with E-state index in [9.17, 15) is 0 Å². The van der Waals surface area contributed by atoms with Gasteiger partial charge in [0.05, 0.1) is 0 Å². The molecule has 23 heavy (non-hydrogen) atoms. The molecule has 0 N–H and O–H groups in total. The summed E-state index contributed by atoms with van der Waals surface area (Å²) in [6, 6.07) is 2.76. The Morgan fingerprint density at radius 1 is 0.739 bits per heavy atom. The normalized spacial score (nSPS) is 19.5. The Morgan fingerprint density at radius 3 is 1.39 bits per heavy atom. The molecule has 0 amide bonds. The Labute approximate surface area is 151 Å². The van der Waals surface area contributed by atoms with Crippen LogP contribution in [-0.4, -0.2) is 16.1 Å². The Kier molecular flexibility index (Phi) is 5.86. The zero-order chi connectivity index (χ0) is 17.5. The van der Waals surface area contributed by atoms with Gasteiger partial charge in [0, 0.05) is 0 Å². The van der Waals surface area contributed by atoms with Gasteiger partial charge in [-0.1, -0.05) is 0 Å². The van der Waals surface area contributed by atoms with Gasteiger partial charge in [0.1, 0.15) is 0 Å². The molecule has 0 unspecified atom stereocenters. The minimum atomic E-state index is -2.51. The molecule has 0 spiro atoms. The first-order valence-corrected chi connectivity index (χ1v) is 27.4. The number of allylic oxidation sites excluding steroid dienone is 8. The van der Waals surface area contributed by atoms with Gasteiger partial charge in [-0.05, 0) is 0 Å². The van der Waals surface area contributed by atoms with E-state index < -0.39 is 36.1 Å². The van der Waals surface area contributed by atoms with E-state index in [4.69, 9.17) is 0 Å². The molecular formula is C20H36HfSi2. The summed E-state index contributed by atoms with van der Waals surface area (Å²) < 4.78 is 9.25. The van der Waals surface area contributed by atoms with Gasteiger partial charge >= 0.3 is 152 Å². The van der Waals surface area contributed by atoms with Gasteiger partial charge in [-0.15, -0.1) is 0 Å². The second-order valence-corrected chi connectivity index (χ2v) is 37.3. The van der Waals surface area contributed by atoms with Crippen LogP contribution in [0.5, 0.6) is 0 Å². The average Bonchev–Trinajstić information content (AvgIpc) is 2.94. The molecule has 2 rings (SSSR count). The minimum absolute atomic E-state index is 1.04. The van der Waals surface area contributed by atoms with Crippen LogP contribution in [0.15, 0.2) is 42.1 Å². The molecule has 0 bridgehead atoms. The van der Waals surface area contributed by atoms with Crippen molar-refractivity contribution >= 4 is 16.1 Å². The zero-order valence-corrected chi connectivity index (χ0v) is 22.2. The van der Waals surface area contributed by atoms with Gasteiger partial charge in [-0.2, -0.15) is 0 Å². The van der Waals surface area contributed by atoms with Crippen molar-refractivity contribution in [2.24, 2.45) is 0 Å². The Morgan fingerprint density at radius 2 is 1.09 bits per heavy atom. The third-order valence-corrected chi connectivity index (χ3v) is 22.5. The number of hydrogen-bond donors (Lipinski definition) is 0. The van der Waals surface area contributed by atoms with E-state index in [0.717, 1.165) is 0 Å². The first-order chi connectivity index (χ1) is 10.4. The Hall–Kier alpha value is 0.264. The van der Waals surface area contributed by atoms with E-state index in [2.05, 4.69) is 72.9 Å². The van der Waals surface area contributed by atoms with E-state index in [1.807, 2.05) is 6.66 Å². The molecular weight excluding hydrogens is 475 g/mol. The molecule has 2 aliphatic rings. The molecule has 0 saturated carbocycles. The van der Waals surface area contributed by atoms with Crippen LogP contribution in [0.3, 0.4) is 0 Å². The van der Waals surface area contributed by atoms with Crippen molar-refractivity contribution in [1.82, 2.24) is 0 Å². The number of rotatable bonds is 6. The summed E-state index contributed by atoms with van der Waals surface area (Å²) in [5.41, 5.74) is 3.50. The van der Waals surface area contributed by atoms with Gasteiger partial charge in [0.25, 0.3) is 0 Å². The first kappa shape index (κ1) is 19.6. The van der Waals surface area contributed by atoms with Crippen LogP contribution in [0.1, 0.15) is 12.8 Å². The van der Waals surface area contributed by atoms with Gasteiger partial charge < -0.3 is 0 Å². The van der Waals surface area contributed by atoms with Crippen LogP contribution in [0.25, 0.3) is 0 Å². The van der Waals surface area contributed by atoms with Gasteiger partial charge in [0.2, 0.25) is 0 Å². The molecule has 0 fully saturated rings. The molecule has 0 nitrogen and oxygen atoms in total. The van der Waals surface area contributed by atoms with E-state index >= 15 is 0 Å². The summed E-state index contributed by atoms with van der Waals surface area (Å²) in [5, 5.41) is 0. The maximum absolute atomic E-state index is 2.70. The van der Waals surface area contributed by atoms with Crippen molar-refractivity contribution in [3.05, 3.63) is 42.1 Å². The van der Waals surface area contributed by atoms with E-state index in [1.54, 1.807) is 11.1 Å². The SMILES string of the molecule is C[Si](C)(C)CC1=[C]([Hf]([CH3])([CH3])[C]2=C(C[Si](C)(C)C)C=CC2)CC=C1. The van der Waals surface area contributed by atoms with Crippen LogP contribution in [0, 0.1) is 0 Å². The molecule has 0 aromatic carbocycles. The quantitative estimate of drug-likeness (QED) is 0.328. The molecule has 0 heterocycles. The molecule has 128 valence electrons.